The fourth-order valence-electron chi connectivity index (χ4n) is 2.95. The lowest BCUT2D eigenvalue weighted by atomic mass is 10.0. The molecule has 1 unspecified atom stereocenters. The maximum absolute atomic E-state index is 13.6. The number of carbonyl (C=O) groups is 1. The fourth-order valence-corrected chi connectivity index (χ4v) is 2.95. The highest BCUT2D eigenvalue weighted by Crippen LogP contribution is 2.31. The molecule has 1 aromatic carbocycles. The van der Waals surface area contributed by atoms with Gasteiger partial charge in [0.1, 0.15) is 11.5 Å². The number of aromatic nitrogens is 2. The van der Waals surface area contributed by atoms with Gasteiger partial charge < -0.3 is 10.4 Å². The van der Waals surface area contributed by atoms with Gasteiger partial charge in [-0.2, -0.15) is 13.2 Å². The highest BCUT2D eigenvalue weighted by Gasteiger charge is 2.33. The molecular formula is C22H19F4N3O2. The third-order valence-corrected chi connectivity index (χ3v) is 4.72. The van der Waals surface area contributed by atoms with Crippen LogP contribution in [0, 0.1) is 5.82 Å². The van der Waals surface area contributed by atoms with Crippen molar-refractivity contribution < 1.29 is 27.5 Å². The number of amides is 1. The van der Waals surface area contributed by atoms with Gasteiger partial charge in [-0.15, -0.1) is 0 Å². The molecule has 31 heavy (non-hydrogen) atoms. The van der Waals surface area contributed by atoms with E-state index in [9.17, 15) is 22.4 Å². The van der Waals surface area contributed by atoms with Gasteiger partial charge in [-0.05, 0) is 42.3 Å². The standard InChI is InChI=1S/C22H19F4N3O2/c1-13(15-5-7-18(12-30)27-10-15)21(31)28-11-16-6-8-19(22(24,25)26)29-20(16)14-3-2-4-17(23)9-14/h2-10,13,30H,11-12H2,1H3,(H,28,31). The molecule has 0 aliphatic carbocycles. The summed E-state index contributed by atoms with van der Waals surface area (Å²) in [5.74, 6) is -1.57. The van der Waals surface area contributed by atoms with E-state index in [-0.39, 0.29) is 30.3 Å². The van der Waals surface area contributed by atoms with E-state index in [1.165, 1.54) is 30.5 Å². The van der Waals surface area contributed by atoms with Gasteiger partial charge in [-0.3, -0.25) is 9.78 Å². The van der Waals surface area contributed by atoms with Crippen molar-refractivity contribution in [1.82, 2.24) is 15.3 Å². The van der Waals surface area contributed by atoms with Crippen LogP contribution in [0.5, 0.6) is 0 Å². The van der Waals surface area contributed by atoms with Crippen LogP contribution in [0.3, 0.4) is 0 Å². The predicted octanol–water partition coefficient (Wildman–Crippen LogP) is 4.21. The third-order valence-electron chi connectivity index (χ3n) is 4.72. The Balaban J connectivity index is 1.83. The number of nitrogens with one attached hydrogen (secondary N) is 1. The minimum absolute atomic E-state index is 0.0590. The molecule has 162 valence electrons. The average molecular weight is 433 g/mol. The molecule has 0 saturated heterocycles. The van der Waals surface area contributed by atoms with E-state index in [4.69, 9.17) is 5.11 Å². The van der Waals surface area contributed by atoms with Crippen molar-refractivity contribution in [2.45, 2.75) is 32.2 Å². The van der Waals surface area contributed by atoms with Crippen molar-refractivity contribution in [3.63, 3.8) is 0 Å². The number of hydrogen-bond donors (Lipinski definition) is 2. The molecule has 5 nitrogen and oxygen atoms in total. The van der Waals surface area contributed by atoms with Crippen LogP contribution < -0.4 is 5.32 Å². The quantitative estimate of drug-likeness (QED) is 0.571. The molecule has 9 heteroatoms. The molecule has 0 aliphatic rings. The lowest BCUT2D eigenvalue weighted by molar-refractivity contribution is -0.141. The molecule has 3 rings (SSSR count). The zero-order valence-corrected chi connectivity index (χ0v) is 16.4. The maximum Gasteiger partial charge on any atom is 0.433 e. The third kappa shape index (κ3) is 5.43. The number of hydrogen-bond acceptors (Lipinski definition) is 4. The van der Waals surface area contributed by atoms with E-state index in [1.807, 2.05) is 0 Å². The number of carbonyl (C=O) groups excluding carboxylic acids is 1. The smallest absolute Gasteiger partial charge is 0.390 e. The molecule has 2 aromatic heterocycles. The molecule has 0 saturated carbocycles. The Morgan fingerprint density at radius 3 is 2.55 bits per heavy atom. The van der Waals surface area contributed by atoms with Gasteiger partial charge in [0.15, 0.2) is 0 Å². The normalized spacial score (nSPS) is 12.5. The lowest BCUT2D eigenvalue weighted by Crippen LogP contribution is -2.28. The molecule has 0 radical (unpaired) electrons. The Kier molecular flexibility index (Phi) is 6.65. The minimum atomic E-state index is -4.66. The Bertz CT molecular complexity index is 1070. The van der Waals surface area contributed by atoms with Gasteiger partial charge in [-0.25, -0.2) is 9.37 Å². The molecule has 0 bridgehead atoms. The first-order valence-electron chi connectivity index (χ1n) is 9.35. The van der Waals surface area contributed by atoms with Crippen LogP contribution in [0.4, 0.5) is 17.6 Å². The summed E-state index contributed by atoms with van der Waals surface area (Å²) < 4.78 is 53.0. The number of aliphatic hydroxyl groups is 1. The summed E-state index contributed by atoms with van der Waals surface area (Å²) in [7, 11) is 0. The number of alkyl halides is 3. The summed E-state index contributed by atoms with van der Waals surface area (Å²) in [5.41, 5.74) is 0.402. The van der Waals surface area contributed by atoms with E-state index in [2.05, 4.69) is 15.3 Å². The van der Waals surface area contributed by atoms with Gasteiger partial charge in [-0.1, -0.05) is 24.3 Å². The number of aliphatic hydroxyl groups excluding tert-OH is 1. The van der Waals surface area contributed by atoms with Crippen molar-refractivity contribution in [2.75, 3.05) is 0 Å². The zero-order valence-electron chi connectivity index (χ0n) is 16.4. The Morgan fingerprint density at radius 2 is 1.94 bits per heavy atom. The second-order valence-corrected chi connectivity index (χ2v) is 6.89. The zero-order chi connectivity index (χ0) is 22.6. The van der Waals surface area contributed by atoms with Crippen molar-refractivity contribution in [3.8, 4) is 11.3 Å². The second kappa shape index (κ2) is 9.22. The first-order chi connectivity index (χ1) is 14.7. The van der Waals surface area contributed by atoms with Crippen LogP contribution in [0.25, 0.3) is 11.3 Å². The molecule has 2 N–H and O–H groups in total. The molecular weight excluding hydrogens is 414 g/mol. The number of pyridine rings is 2. The van der Waals surface area contributed by atoms with Crippen LogP contribution >= 0.6 is 0 Å². The summed E-state index contributed by atoms with van der Waals surface area (Å²) in [4.78, 5) is 20.3. The summed E-state index contributed by atoms with van der Waals surface area (Å²) in [6.45, 7) is 1.34. The molecule has 0 aliphatic heterocycles. The van der Waals surface area contributed by atoms with Crippen molar-refractivity contribution >= 4 is 5.91 Å². The monoisotopic (exact) mass is 433 g/mol. The Labute approximate surface area is 175 Å². The number of nitrogens with zero attached hydrogens (tertiary/aromatic N) is 2. The fraction of sp³-hybridized carbons (Fsp3) is 0.227. The van der Waals surface area contributed by atoms with Gasteiger partial charge in [0.2, 0.25) is 5.91 Å². The number of halogens is 4. The van der Waals surface area contributed by atoms with E-state index in [0.717, 1.165) is 12.1 Å². The Hall–Kier alpha value is -3.33. The van der Waals surface area contributed by atoms with E-state index < -0.39 is 23.6 Å². The summed E-state index contributed by atoms with van der Waals surface area (Å²) in [6.07, 6.45) is -3.18. The van der Waals surface area contributed by atoms with E-state index in [1.54, 1.807) is 19.1 Å². The van der Waals surface area contributed by atoms with Gasteiger partial charge in [0, 0.05) is 18.3 Å². The molecule has 2 heterocycles. The van der Waals surface area contributed by atoms with Crippen LogP contribution in [0.1, 0.15) is 35.4 Å². The lowest BCUT2D eigenvalue weighted by Gasteiger charge is -2.16. The minimum Gasteiger partial charge on any atom is -0.390 e. The van der Waals surface area contributed by atoms with Gasteiger partial charge in [0.05, 0.1) is 23.9 Å². The topological polar surface area (TPSA) is 75.1 Å². The summed E-state index contributed by atoms with van der Waals surface area (Å²) in [6, 6.07) is 10.4. The van der Waals surface area contributed by atoms with Gasteiger partial charge in [0.25, 0.3) is 0 Å². The van der Waals surface area contributed by atoms with Crippen LogP contribution in [0.2, 0.25) is 0 Å². The number of rotatable bonds is 6. The van der Waals surface area contributed by atoms with E-state index >= 15 is 0 Å². The van der Waals surface area contributed by atoms with Crippen molar-refractivity contribution in [1.29, 1.82) is 0 Å². The maximum atomic E-state index is 13.6. The predicted molar refractivity (Wildman–Crippen MR) is 105 cm³/mol. The first-order valence-corrected chi connectivity index (χ1v) is 9.35. The molecule has 0 spiro atoms. The first kappa shape index (κ1) is 22.4. The Morgan fingerprint density at radius 1 is 1.16 bits per heavy atom. The van der Waals surface area contributed by atoms with Crippen molar-refractivity contribution in [3.05, 3.63) is 83.1 Å². The highest BCUT2D eigenvalue weighted by molar-refractivity contribution is 5.83. The molecule has 1 atom stereocenters. The molecule has 1 amide bonds. The van der Waals surface area contributed by atoms with E-state index in [0.29, 0.717) is 16.8 Å². The van der Waals surface area contributed by atoms with Gasteiger partial charge >= 0.3 is 6.18 Å². The molecule has 3 aromatic rings. The largest absolute Gasteiger partial charge is 0.433 e. The summed E-state index contributed by atoms with van der Waals surface area (Å²) >= 11 is 0. The average Bonchev–Trinajstić information content (AvgIpc) is 2.76. The van der Waals surface area contributed by atoms with Crippen LogP contribution in [0.15, 0.2) is 54.7 Å². The van der Waals surface area contributed by atoms with Crippen LogP contribution in [-0.4, -0.2) is 21.0 Å². The van der Waals surface area contributed by atoms with Crippen LogP contribution in [-0.2, 0) is 24.1 Å². The second-order valence-electron chi connectivity index (χ2n) is 6.89. The summed E-state index contributed by atoms with van der Waals surface area (Å²) in [5, 5.41) is 11.7. The molecule has 0 fully saturated rings. The highest BCUT2D eigenvalue weighted by atomic mass is 19.4. The number of benzene rings is 1. The SMILES string of the molecule is CC(C(=O)NCc1ccc(C(F)(F)F)nc1-c1cccc(F)c1)c1ccc(CO)nc1. The van der Waals surface area contributed by atoms with Crippen molar-refractivity contribution in [2.24, 2.45) is 0 Å².